The summed E-state index contributed by atoms with van der Waals surface area (Å²) in [5.41, 5.74) is 2.28. The predicted molar refractivity (Wildman–Crippen MR) is 76.9 cm³/mol. The number of hydrogen-bond acceptors (Lipinski definition) is 4. The first kappa shape index (κ1) is 12.9. The molecule has 3 rings (SSSR count). The van der Waals surface area contributed by atoms with E-state index in [1.807, 2.05) is 24.4 Å². The highest BCUT2D eigenvalue weighted by atomic mass is 16.7. The van der Waals surface area contributed by atoms with Crippen molar-refractivity contribution in [1.82, 2.24) is 10.3 Å². The van der Waals surface area contributed by atoms with Gasteiger partial charge in [0.05, 0.1) is 0 Å². The molecule has 104 valence electrons. The minimum atomic E-state index is 0.226. The number of fused-ring (bicyclic) bond motifs is 1. The summed E-state index contributed by atoms with van der Waals surface area (Å²) in [6.07, 6.45) is 2.69. The third kappa shape index (κ3) is 2.75. The molecule has 0 fully saturated rings. The van der Waals surface area contributed by atoms with Crippen molar-refractivity contribution in [3.63, 3.8) is 0 Å². The molecule has 0 amide bonds. The van der Waals surface area contributed by atoms with Crippen molar-refractivity contribution in [3.05, 3.63) is 53.9 Å². The minimum Gasteiger partial charge on any atom is -0.454 e. The van der Waals surface area contributed by atoms with Crippen LogP contribution in [0, 0.1) is 0 Å². The van der Waals surface area contributed by atoms with Crippen molar-refractivity contribution in [3.8, 4) is 11.5 Å². The number of hydrogen-bond donors (Lipinski definition) is 1. The fourth-order valence-corrected chi connectivity index (χ4v) is 2.41. The lowest BCUT2D eigenvalue weighted by Crippen LogP contribution is -2.23. The number of nitrogens with one attached hydrogen (secondary N) is 1. The molecule has 1 atom stereocenters. The molecule has 0 saturated carbocycles. The average molecular weight is 270 g/mol. The Kier molecular flexibility index (Phi) is 3.83. The van der Waals surface area contributed by atoms with Crippen molar-refractivity contribution in [2.75, 3.05) is 13.3 Å². The lowest BCUT2D eigenvalue weighted by molar-refractivity contribution is 0.174. The van der Waals surface area contributed by atoms with E-state index in [9.17, 15) is 0 Å². The van der Waals surface area contributed by atoms with Crippen LogP contribution in [0.3, 0.4) is 0 Å². The maximum atomic E-state index is 5.45. The smallest absolute Gasteiger partial charge is 0.231 e. The normalized spacial score (nSPS) is 14.2. The highest BCUT2D eigenvalue weighted by Crippen LogP contribution is 2.34. The first-order valence-corrected chi connectivity index (χ1v) is 6.89. The van der Waals surface area contributed by atoms with Crippen LogP contribution in [0.4, 0.5) is 0 Å². The number of pyridine rings is 1. The lowest BCUT2D eigenvalue weighted by Gasteiger charge is -2.18. The fraction of sp³-hybridized carbons (Fsp3) is 0.312. The zero-order valence-corrected chi connectivity index (χ0v) is 11.5. The molecule has 1 aliphatic heterocycles. The van der Waals surface area contributed by atoms with Crippen molar-refractivity contribution >= 4 is 0 Å². The minimum absolute atomic E-state index is 0.226. The van der Waals surface area contributed by atoms with E-state index in [-0.39, 0.29) is 6.04 Å². The van der Waals surface area contributed by atoms with Crippen LogP contribution in [0.2, 0.25) is 0 Å². The summed E-state index contributed by atoms with van der Waals surface area (Å²) in [5, 5.41) is 3.50. The largest absolute Gasteiger partial charge is 0.454 e. The van der Waals surface area contributed by atoms with Crippen LogP contribution in [-0.2, 0) is 6.42 Å². The summed E-state index contributed by atoms with van der Waals surface area (Å²) >= 11 is 0. The molecule has 0 aliphatic carbocycles. The van der Waals surface area contributed by atoms with Gasteiger partial charge >= 0.3 is 0 Å². The maximum Gasteiger partial charge on any atom is 0.231 e. The van der Waals surface area contributed by atoms with Gasteiger partial charge in [-0.25, -0.2) is 0 Å². The van der Waals surface area contributed by atoms with Gasteiger partial charge in [-0.15, -0.1) is 0 Å². The van der Waals surface area contributed by atoms with Crippen molar-refractivity contribution in [2.24, 2.45) is 0 Å². The third-order valence-corrected chi connectivity index (χ3v) is 3.39. The number of nitrogens with zero attached hydrogens (tertiary/aromatic N) is 1. The Morgan fingerprint density at radius 1 is 1.20 bits per heavy atom. The van der Waals surface area contributed by atoms with E-state index in [1.54, 1.807) is 0 Å². The second-order valence-electron chi connectivity index (χ2n) is 4.75. The monoisotopic (exact) mass is 270 g/mol. The molecular weight excluding hydrogens is 252 g/mol. The molecule has 4 nitrogen and oxygen atoms in total. The van der Waals surface area contributed by atoms with Crippen molar-refractivity contribution in [1.29, 1.82) is 0 Å². The quantitative estimate of drug-likeness (QED) is 0.907. The lowest BCUT2D eigenvalue weighted by atomic mass is 10.0. The first-order valence-electron chi connectivity index (χ1n) is 6.89. The van der Waals surface area contributed by atoms with E-state index in [2.05, 4.69) is 35.4 Å². The highest BCUT2D eigenvalue weighted by molar-refractivity contribution is 5.45. The van der Waals surface area contributed by atoms with E-state index in [0.717, 1.165) is 30.2 Å². The van der Waals surface area contributed by atoms with Gasteiger partial charge in [-0.2, -0.15) is 0 Å². The van der Waals surface area contributed by atoms with Gasteiger partial charge in [0.2, 0.25) is 6.79 Å². The molecule has 0 bridgehead atoms. The number of ether oxygens (including phenoxy) is 2. The highest BCUT2D eigenvalue weighted by Gasteiger charge is 2.18. The molecule has 1 N–H and O–H groups in total. The van der Waals surface area contributed by atoms with Gasteiger partial charge < -0.3 is 14.8 Å². The second kappa shape index (κ2) is 5.92. The van der Waals surface area contributed by atoms with Crippen LogP contribution in [0.15, 0.2) is 42.6 Å². The van der Waals surface area contributed by atoms with Crippen LogP contribution < -0.4 is 14.8 Å². The van der Waals surface area contributed by atoms with Crippen LogP contribution in [0.5, 0.6) is 11.5 Å². The topological polar surface area (TPSA) is 43.4 Å². The van der Waals surface area contributed by atoms with Crippen LogP contribution in [0.1, 0.15) is 24.2 Å². The van der Waals surface area contributed by atoms with Gasteiger partial charge in [-0.1, -0.05) is 19.1 Å². The van der Waals surface area contributed by atoms with E-state index in [0.29, 0.717) is 6.79 Å². The number of rotatable bonds is 5. The van der Waals surface area contributed by atoms with Crippen molar-refractivity contribution in [2.45, 2.75) is 19.4 Å². The summed E-state index contributed by atoms with van der Waals surface area (Å²) in [4.78, 5) is 4.40. The molecular formula is C16H18N2O2. The Hall–Kier alpha value is -2.07. The molecule has 2 heterocycles. The number of likely N-dealkylation sites (N-methyl/N-ethyl adjacent to an activating group) is 1. The Bertz CT molecular complexity index is 572. The summed E-state index contributed by atoms with van der Waals surface area (Å²) in [6.45, 7) is 3.33. The molecule has 20 heavy (non-hydrogen) atoms. The summed E-state index contributed by atoms with van der Waals surface area (Å²) in [7, 11) is 0. The molecule has 1 aromatic carbocycles. The second-order valence-corrected chi connectivity index (χ2v) is 4.75. The average Bonchev–Trinajstić information content (AvgIpc) is 2.95. The molecule has 0 spiro atoms. The van der Waals surface area contributed by atoms with Gasteiger partial charge in [-0.3, -0.25) is 4.98 Å². The van der Waals surface area contributed by atoms with Gasteiger partial charge in [0, 0.05) is 24.4 Å². The molecule has 2 aromatic rings. The van der Waals surface area contributed by atoms with E-state index >= 15 is 0 Å². The van der Waals surface area contributed by atoms with Gasteiger partial charge in [0.25, 0.3) is 0 Å². The Morgan fingerprint density at radius 2 is 2.10 bits per heavy atom. The molecule has 4 heteroatoms. The number of aromatic nitrogens is 1. The fourth-order valence-electron chi connectivity index (χ4n) is 2.41. The molecule has 0 saturated heterocycles. The van der Waals surface area contributed by atoms with Crippen LogP contribution in [-0.4, -0.2) is 18.3 Å². The Morgan fingerprint density at radius 3 is 2.90 bits per heavy atom. The molecule has 1 unspecified atom stereocenters. The van der Waals surface area contributed by atoms with E-state index in [1.165, 1.54) is 5.56 Å². The molecule has 0 radical (unpaired) electrons. The first-order chi connectivity index (χ1) is 9.86. The molecule has 1 aliphatic rings. The van der Waals surface area contributed by atoms with E-state index in [4.69, 9.17) is 9.47 Å². The third-order valence-electron chi connectivity index (χ3n) is 3.39. The maximum absolute atomic E-state index is 5.45. The SMILES string of the molecule is CCNC(Cc1ccccn1)c1ccc2c(c1)OCO2. The van der Waals surface area contributed by atoms with Gasteiger partial charge in [0.1, 0.15) is 0 Å². The number of benzene rings is 1. The zero-order chi connectivity index (χ0) is 13.8. The van der Waals surface area contributed by atoms with Gasteiger partial charge in [0.15, 0.2) is 11.5 Å². The van der Waals surface area contributed by atoms with Gasteiger partial charge in [-0.05, 0) is 36.4 Å². The van der Waals surface area contributed by atoms with Crippen LogP contribution in [0.25, 0.3) is 0 Å². The predicted octanol–water partition coefficient (Wildman–Crippen LogP) is 2.70. The Balaban J connectivity index is 1.83. The zero-order valence-electron chi connectivity index (χ0n) is 11.5. The summed E-state index contributed by atoms with van der Waals surface area (Å²) in [6, 6.07) is 12.3. The van der Waals surface area contributed by atoms with E-state index < -0.39 is 0 Å². The van der Waals surface area contributed by atoms with Crippen LogP contribution >= 0.6 is 0 Å². The standard InChI is InChI=1S/C16H18N2O2/c1-2-17-14(10-13-5-3-4-8-18-13)12-6-7-15-16(9-12)20-11-19-15/h3-9,14,17H,2,10-11H2,1H3. The summed E-state index contributed by atoms with van der Waals surface area (Å²) < 4.78 is 10.8. The molecule has 1 aromatic heterocycles. The summed E-state index contributed by atoms with van der Waals surface area (Å²) in [5.74, 6) is 1.65. The van der Waals surface area contributed by atoms with Crippen molar-refractivity contribution < 1.29 is 9.47 Å². The Labute approximate surface area is 118 Å².